The van der Waals surface area contributed by atoms with E-state index in [0.717, 1.165) is 0 Å². The van der Waals surface area contributed by atoms with Crippen LogP contribution in [-0.2, 0) is 10.0 Å². The molecule has 0 fully saturated rings. The molecule has 0 saturated heterocycles. The molecule has 5 nitrogen and oxygen atoms in total. The van der Waals surface area contributed by atoms with Crippen molar-refractivity contribution >= 4 is 15.7 Å². The Hall–Kier alpha value is -2.21. The highest BCUT2D eigenvalue weighted by Crippen LogP contribution is 2.25. The fourth-order valence-corrected chi connectivity index (χ4v) is 2.46. The summed E-state index contributed by atoms with van der Waals surface area (Å²) in [4.78, 5) is 0.00329. The third kappa shape index (κ3) is 2.54. The highest BCUT2D eigenvalue weighted by Gasteiger charge is 2.15. The van der Waals surface area contributed by atoms with Gasteiger partial charge in [0.25, 0.3) is 10.0 Å². The minimum atomic E-state index is -3.77. The van der Waals surface area contributed by atoms with Crippen molar-refractivity contribution in [3.8, 4) is 11.5 Å². The lowest BCUT2D eigenvalue weighted by molar-refractivity contribution is 0.474. The molecule has 0 aliphatic rings. The van der Waals surface area contributed by atoms with Gasteiger partial charge in [0.15, 0.2) is 0 Å². The molecule has 0 heterocycles. The van der Waals surface area contributed by atoms with Crippen LogP contribution in [0.2, 0.25) is 0 Å². The van der Waals surface area contributed by atoms with Crippen LogP contribution in [0, 0.1) is 0 Å². The molecule has 18 heavy (non-hydrogen) atoms. The Labute approximate surface area is 104 Å². The van der Waals surface area contributed by atoms with Crippen LogP contribution in [0.3, 0.4) is 0 Å². The Morgan fingerprint density at radius 2 is 1.50 bits per heavy atom. The van der Waals surface area contributed by atoms with Gasteiger partial charge < -0.3 is 10.2 Å². The topological polar surface area (TPSA) is 86.6 Å². The third-order valence-corrected chi connectivity index (χ3v) is 3.68. The van der Waals surface area contributed by atoms with Gasteiger partial charge in [-0.15, -0.1) is 0 Å². The summed E-state index contributed by atoms with van der Waals surface area (Å²) in [5, 5.41) is 18.6. The summed E-state index contributed by atoms with van der Waals surface area (Å²) in [6.07, 6.45) is 0. The van der Waals surface area contributed by atoms with Gasteiger partial charge in [0.1, 0.15) is 11.5 Å². The number of anilines is 1. The Bertz CT molecular complexity index is 650. The van der Waals surface area contributed by atoms with Gasteiger partial charge in [-0.2, -0.15) is 0 Å². The second-order valence-electron chi connectivity index (χ2n) is 3.62. The number of phenolic OH excluding ortho intramolecular Hbond substituents is 2. The Kier molecular flexibility index (Phi) is 3.12. The van der Waals surface area contributed by atoms with E-state index >= 15 is 0 Å². The first-order valence-electron chi connectivity index (χ1n) is 5.09. The Balaban J connectivity index is 2.33. The van der Waals surface area contributed by atoms with Crippen molar-refractivity contribution in [3.63, 3.8) is 0 Å². The Morgan fingerprint density at radius 3 is 2.11 bits per heavy atom. The number of aromatic hydroxyl groups is 2. The first-order valence-corrected chi connectivity index (χ1v) is 6.57. The smallest absolute Gasteiger partial charge is 0.262 e. The van der Waals surface area contributed by atoms with Crippen molar-refractivity contribution < 1.29 is 18.6 Å². The zero-order chi connectivity index (χ0) is 13.2. The van der Waals surface area contributed by atoms with Crippen LogP contribution in [0.25, 0.3) is 0 Å². The minimum absolute atomic E-state index is 0.00329. The normalized spacial score (nSPS) is 11.1. The van der Waals surface area contributed by atoms with E-state index in [1.54, 1.807) is 12.1 Å². The minimum Gasteiger partial charge on any atom is -0.508 e. The first kappa shape index (κ1) is 12.3. The molecule has 2 aromatic rings. The van der Waals surface area contributed by atoms with Crippen LogP contribution >= 0.6 is 0 Å². The lowest BCUT2D eigenvalue weighted by Crippen LogP contribution is -2.12. The molecule has 0 amide bonds. The number of nitrogens with one attached hydrogen (secondary N) is 1. The molecule has 0 radical (unpaired) electrons. The van der Waals surface area contributed by atoms with Crippen molar-refractivity contribution in [2.24, 2.45) is 0 Å². The molecule has 0 spiro atoms. The van der Waals surface area contributed by atoms with Crippen molar-refractivity contribution in [3.05, 3.63) is 48.5 Å². The molecule has 6 heteroatoms. The number of hydrogen-bond acceptors (Lipinski definition) is 4. The van der Waals surface area contributed by atoms with Gasteiger partial charge in [-0.25, -0.2) is 8.42 Å². The number of phenols is 2. The molecule has 3 N–H and O–H groups in total. The summed E-state index contributed by atoms with van der Waals surface area (Å²) >= 11 is 0. The fraction of sp³-hybridized carbons (Fsp3) is 0. The van der Waals surface area contributed by atoms with E-state index in [1.807, 2.05) is 0 Å². The van der Waals surface area contributed by atoms with Gasteiger partial charge in [-0.05, 0) is 36.4 Å². The van der Waals surface area contributed by atoms with E-state index in [0.29, 0.717) is 0 Å². The van der Waals surface area contributed by atoms with Crippen LogP contribution in [0.4, 0.5) is 5.69 Å². The van der Waals surface area contributed by atoms with Crippen LogP contribution in [-0.4, -0.2) is 18.6 Å². The summed E-state index contributed by atoms with van der Waals surface area (Å²) < 4.78 is 26.2. The quantitative estimate of drug-likeness (QED) is 0.740. The standard InChI is InChI=1S/C12H11NO4S/c14-9-5-7-10(8-6-9)18(16,17)13-11-3-1-2-4-12(11)15/h1-8,13-15H. The molecule has 94 valence electrons. The maximum absolute atomic E-state index is 12.0. The first-order chi connectivity index (χ1) is 8.49. The van der Waals surface area contributed by atoms with E-state index in [2.05, 4.69) is 4.72 Å². The number of benzene rings is 2. The van der Waals surface area contributed by atoms with Crippen LogP contribution < -0.4 is 4.72 Å². The number of para-hydroxylation sites is 2. The SMILES string of the molecule is O=S(=O)(Nc1ccccc1O)c1ccc(O)cc1. The summed E-state index contributed by atoms with van der Waals surface area (Å²) in [5.41, 5.74) is 0.102. The number of sulfonamides is 1. The monoisotopic (exact) mass is 265 g/mol. The Morgan fingerprint density at radius 1 is 0.889 bits per heavy atom. The highest BCUT2D eigenvalue weighted by molar-refractivity contribution is 7.92. The predicted octanol–water partition coefficient (Wildman–Crippen LogP) is 1.90. The van der Waals surface area contributed by atoms with E-state index in [4.69, 9.17) is 5.11 Å². The third-order valence-electron chi connectivity index (χ3n) is 2.30. The molecular formula is C12H11NO4S. The van der Waals surface area contributed by atoms with E-state index < -0.39 is 10.0 Å². The van der Waals surface area contributed by atoms with Crippen molar-refractivity contribution in [2.75, 3.05) is 4.72 Å². The van der Waals surface area contributed by atoms with Crippen LogP contribution in [0.15, 0.2) is 53.4 Å². The van der Waals surface area contributed by atoms with Crippen molar-refractivity contribution in [1.29, 1.82) is 0 Å². The van der Waals surface area contributed by atoms with Gasteiger partial charge in [-0.3, -0.25) is 4.72 Å². The van der Waals surface area contributed by atoms with Gasteiger partial charge >= 0.3 is 0 Å². The van der Waals surface area contributed by atoms with E-state index in [1.165, 1.54) is 36.4 Å². The lowest BCUT2D eigenvalue weighted by Gasteiger charge is -2.09. The molecular weight excluding hydrogens is 254 g/mol. The van der Waals surface area contributed by atoms with Gasteiger partial charge in [0.05, 0.1) is 10.6 Å². The molecule has 0 saturated carbocycles. The van der Waals surface area contributed by atoms with Crippen molar-refractivity contribution in [1.82, 2.24) is 0 Å². The van der Waals surface area contributed by atoms with E-state index in [-0.39, 0.29) is 22.1 Å². The molecule has 0 bridgehead atoms. The lowest BCUT2D eigenvalue weighted by atomic mass is 10.3. The largest absolute Gasteiger partial charge is 0.508 e. The second-order valence-corrected chi connectivity index (χ2v) is 5.30. The predicted molar refractivity (Wildman–Crippen MR) is 67.0 cm³/mol. The second kappa shape index (κ2) is 4.58. The maximum Gasteiger partial charge on any atom is 0.262 e. The molecule has 0 unspecified atom stereocenters. The van der Waals surface area contributed by atoms with Gasteiger partial charge in [0, 0.05) is 0 Å². The summed E-state index contributed by atoms with van der Waals surface area (Å²) in [7, 11) is -3.77. The number of hydrogen-bond donors (Lipinski definition) is 3. The van der Waals surface area contributed by atoms with Crippen LogP contribution in [0.5, 0.6) is 11.5 Å². The summed E-state index contributed by atoms with van der Waals surface area (Å²) in [6, 6.07) is 11.1. The molecule has 0 aliphatic heterocycles. The fourth-order valence-electron chi connectivity index (χ4n) is 1.39. The molecule has 0 aromatic heterocycles. The van der Waals surface area contributed by atoms with Gasteiger partial charge in [-0.1, -0.05) is 12.1 Å². The summed E-state index contributed by atoms with van der Waals surface area (Å²) in [6.45, 7) is 0. The molecule has 2 rings (SSSR count). The zero-order valence-corrected chi connectivity index (χ0v) is 10.1. The maximum atomic E-state index is 12.0. The highest BCUT2D eigenvalue weighted by atomic mass is 32.2. The van der Waals surface area contributed by atoms with Crippen LogP contribution in [0.1, 0.15) is 0 Å². The average molecular weight is 265 g/mol. The summed E-state index contributed by atoms with van der Waals surface area (Å²) in [5.74, 6) is -0.170. The number of rotatable bonds is 3. The average Bonchev–Trinajstić information content (AvgIpc) is 2.32. The molecule has 2 aromatic carbocycles. The molecule has 0 atom stereocenters. The van der Waals surface area contributed by atoms with E-state index in [9.17, 15) is 13.5 Å². The van der Waals surface area contributed by atoms with Crippen molar-refractivity contribution in [2.45, 2.75) is 4.90 Å². The zero-order valence-electron chi connectivity index (χ0n) is 9.24. The van der Waals surface area contributed by atoms with Gasteiger partial charge in [0.2, 0.25) is 0 Å². The molecule has 0 aliphatic carbocycles.